The van der Waals surface area contributed by atoms with E-state index in [0.29, 0.717) is 18.4 Å². The average molecular weight is 361 g/mol. The molecule has 1 aromatic carbocycles. The van der Waals surface area contributed by atoms with E-state index in [1.54, 1.807) is 0 Å². The van der Waals surface area contributed by atoms with E-state index in [9.17, 15) is 9.90 Å². The summed E-state index contributed by atoms with van der Waals surface area (Å²) in [6.07, 6.45) is 3.89. The van der Waals surface area contributed by atoms with Crippen molar-refractivity contribution in [1.82, 2.24) is 9.80 Å². The van der Waals surface area contributed by atoms with Gasteiger partial charge in [0.25, 0.3) is 5.91 Å². The second-order valence-electron chi connectivity index (χ2n) is 8.80. The normalized spacial score (nSPS) is 19.0. The minimum absolute atomic E-state index is 0.0942. The van der Waals surface area contributed by atoms with Gasteiger partial charge in [0, 0.05) is 31.7 Å². The maximum atomic E-state index is 12.9. The van der Waals surface area contributed by atoms with Crippen LogP contribution in [0.15, 0.2) is 24.3 Å². The molecule has 0 aromatic heterocycles. The van der Waals surface area contributed by atoms with Crippen molar-refractivity contribution in [2.24, 2.45) is 5.92 Å². The molecule has 26 heavy (non-hydrogen) atoms. The summed E-state index contributed by atoms with van der Waals surface area (Å²) in [5.74, 6) is 0.648. The van der Waals surface area contributed by atoms with Gasteiger partial charge in [-0.05, 0) is 83.5 Å². The minimum atomic E-state index is -0.680. The Morgan fingerprint density at radius 1 is 1.38 bits per heavy atom. The third-order valence-electron chi connectivity index (χ3n) is 5.36. The molecule has 1 aliphatic rings. The summed E-state index contributed by atoms with van der Waals surface area (Å²) in [6, 6.07) is 8.43. The highest BCUT2D eigenvalue weighted by Gasteiger charge is 2.24. The molecule has 4 heteroatoms. The molecule has 0 spiro atoms. The number of carbonyl (C=O) groups is 1. The number of aryl methyl sites for hydroxylation is 1. The number of hydrogen-bond acceptors (Lipinski definition) is 3. The van der Waals surface area contributed by atoms with Crippen molar-refractivity contribution in [3.8, 4) is 0 Å². The highest BCUT2D eigenvalue weighted by atomic mass is 16.3. The molecular formula is C22H36N2O2. The monoisotopic (exact) mass is 360 g/mol. The topological polar surface area (TPSA) is 43.8 Å². The van der Waals surface area contributed by atoms with Gasteiger partial charge in [-0.2, -0.15) is 0 Å². The first-order valence-corrected chi connectivity index (χ1v) is 9.96. The zero-order valence-electron chi connectivity index (χ0n) is 17.2. The van der Waals surface area contributed by atoms with Crippen LogP contribution in [0.5, 0.6) is 0 Å². The van der Waals surface area contributed by atoms with E-state index in [1.165, 1.54) is 19.4 Å². The van der Waals surface area contributed by atoms with Crippen LogP contribution in [0.3, 0.4) is 0 Å². The highest BCUT2D eigenvalue weighted by Crippen LogP contribution is 2.20. The lowest BCUT2D eigenvalue weighted by atomic mass is 9.96. The zero-order valence-corrected chi connectivity index (χ0v) is 17.2. The van der Waals surface area contributed by atoms with Crippen LogP contribution >= 0.6 is 0 Å². The number of hydrogen-bond donors (Lipinski definition) is 1. The number of rotatable bonds is 7. The Hall–Kier alpha value is -1.39. The van der Waals surface area contributed by atoms with E-state index in [2.05, 4.69) is 18.7 Å². The fourth-order valence-electron chi connectivity index (χ4n) is 3.72. The van der Waals surface area contributed by atoms with Crippen molar-refractivity contribution in [3.05, 3.63) is 35.4 Å². The van der Waals surface area contributed by atoms with Gasteiger partial charge in [-0.15, -0.1) is 0 Å². The van der Waals surface area contributed by atoms with Crippen molar-refractivity contribution in [2.45, 2.75) is 65.0 Å². The minimum Gasteiger partial charge on any atom is -0.390 e. The molecule has 1 aliphatic heterocycles. The Bertz CT molecular complexity index is 592. The lowest BCUT2D eigenvalue weighted by Crippen LogP contribution is -2.44. The van der Waals surface area contributed by atoms with Gasteiger partial charge in [0.2, 0.25) is 0 Å². The summed E-state index contributed by atoms with van der Waals surface area (Å²) >= 11 is 0. The number of carbonyl (C=O) groups excluding carboxylic acids is 1. The third-order valence-corrected chi connectivity index (χ3v) is 5.36. The van der Waals surface area contributed by atoms with Gasteiger partial charge < -0.3 is 14.9 Å². The summed E-state index contributed by atoms with van der Waals surface area (Å²) in [5.41, 5.74) is 1.17. The first kappa shape index (κ1) is 20.9. The highest BCUT2D eigenvalue weighted by molar-refractivity contribution is 5.94. The van der Waals surface area contributed by atoms with Crippen LogP contribution < -0.4 is 0 Å². The first-order valence-electron chi connectivity index (χ1n) is 9.96. The molecule has 0 bridgehead atoms. The average Bonchev–Trinajstić information content (AvgIpc) is 2.59. The van der Waals surface area contributed by atoms with Crippen molar-refractivity contribution in [3.63, 3.8) is 0 Å². The van der Waals surface area contributed by atoms with Crippen molar-refractivity contribution >= 4 is 5.91 Å². The van der Waals surface area contributed by atoms with Crippen LogP contribution in [-0.2, 0) is 6.42 Å². The summed E-state index contributed by atoms with van der Waals surface area (Å²) in [4.78, 5) is 17.2. The Kier molecular flexibility index (Phi) is 7.24. The fraction of sp³-hybridized carbons (Fsp3) is 0.682. The first-order chi connectivity index (χ1) is 12.2. The second kappa shape index (κ2) is 9.01. The Balaban J connectivity index is 1.95. The van der Waals surface area contributed by atoms with Crippen molar-refractivity contribution in [1.29, 1.82) is 0 Å². The molecule has 4 nitrogen and oxygen atoms in total. The van der Waals surface area contributed by atoms with E-state index >= 15 is 0 Å². The molecule has 0 aliphatic carbocycles. The Morgan fingerprint density at radius 2 is 2.12 bits per heavy atom. The molecule has 1 fully saturated rings. The Morgan fingerprint density at radius 3 is 2.77 bits per heavy atom. The van der Waals surface area contributed by atoms with E-state index in [-0.39, 0.29) is 5.91 Å². The van der Waals surface area contributed by atoms with Crippen LogP contribution in [0.1, 0.15) is 62.9 Å². The van der Waals surface area contributed by atoms with E-state index in [0.717, 1.165) is 30.6 Å². The molecule has 1 aromatic rings. The zero-order chi connectivity index (χ0) is 19.3. The van der Waals surface area contributed by atoms with Gasteiger partial charge >= 0.3 is 0 Å². The number of piperidine rings is 1. The lowest BCUT2D eigenvalue weighted by Gasteiger charge is -2.37. The molecule has 146 valence electrons. The van der Waals surface area contributed by atoms with E-state index in [4.69, 9.17) is 0 Å². The van der Waals surface area contributed by atoms with E-state index in [1.807, 2.05) is 50.1 Å². The predicted octanol–water partition coefficient (Wildman–Crippen LogP) is 3.58. The van der Waals surface area contributed by atoms with Gasteiger partial charge in [0.05, 0.1) is 5.60 Å². The molecule has 2 rings (SSSR count). The Labute approximate surface area is 159 Å². The molecule has 0 saturated carbocycles. The number of nitrogens with zero attached hydrogens (tertiary/aromatic N) is 2. The maximum Gasteiger partial charge on any atom is 0.253 e. The molecule has 1 saturated heterocycles. The van der Waals surface area contributed by atoms with Gasteiger partial charge in [0.15, 0.2) is 0 Å². The SMILES string of the molecule is CC(C)N1CCCC(CN(C)C(=O)c2cccc(CCC(C)(C)O)c2)C1. The predicted molar refractivity (Wildman–Crippen MR) is 107 cm³/mol. The summed E-state index contributed by atoms with van der Waals surface area (Å²) in [5, 5.41) is 9.91. The van der Waals surface area contributed by atoms with Crippen LogP contribution in [0.4, 0.5) is 0 Å². The molecule has 1 atom stereocenters. The van der Waals surface area contributed by atoms with Gasteiger partial charge in [0.1, 0.15) is 0 Å². The number of benzene rings is 1. The molecule has 1 heterocycles. The summed E-state index contributed by atoms with van der Waals surface area (Å²) < 4.78 is 0. The number of likely N-dealkylation sites (tertiary alicyclic amines) is 1. The third kappa shape index (κ3) is 6.40. The van der Waals surface area contributed by atoms with Crippen molar-refractivity contribution < 1.29 is 9.90 Å². The fourth-order valence-corrected chi connectivity index (χ4v) is 3.72. The molecular weight excluding hydrogens is 324 g/mol. The largest absolute Gasteiger partial charge is 0.390 e. The van der Waals surface area contributed by atoms with E-state index < -0.39 is 5.60 Å². The maximum absolute atomic E-state index is 12.9. The van der Waals surface area contributed by atoms with Gasteiger partial charge in [-0.1, -0.05) is 12.1 Å². The number of aliphatic hydroxyl groups is 1. The molecule has 1 N–H and O–H groups in total. The van der Waals surface area contributed by atoms with Crippen LogP contribution in [0.25, 0.3) is 0 Å². The van der Waals surface area contributed by atoms with Gasteiger partial charge in [-0.3, -0.25) is 4.79 Å². The molecule has 0 radical (unpaired) electrons. The standard InChI is InChI=1S/C22H36N2O2/c1-17(2)24-13-7-9-19(16-24)15-23(5)21(25)20-10-6-8-18(14-20)11-12-22(3,4)26/h6,8,10,14,17,19,26H,7,9,11-13,15-16H2,1-5H3. The smallest absolute Gasteiger partial charge is 0.253 e. The molecule has 1 amide bonds. The van der Waals surface area contributed by atoms with Gasteiger partial charge in [-0.25, -0.2) is 0 Å². The number of amides is 1. The van der Waals surface area contributed by atoms with Crippen LogP contribution in [0, 0.1) is 5.92 Å². The second-order valence-corrected chi connectivity index (χ2v) is 8.80. The van der Waals surface area contributed by atoms with Crippen molar-refractivity contribution in [2.75, 3.05) is 26.7 Å². The summed E-state index contributed by atoms with van der Waals surface area (Å²) in [7, 11) is 1.92. The summed E-state index contributed by atoms with van der Waals surface area (Å²) in [6.45, 7) is 11.2. The molecule has 1 unspecified atom stereocenters. The van der Waals surface area contributed by atoms with Crippen LogP contribution in [0.2, 0.25) is 0 Å². The lowest BCUT2D eigenvalue weighted by molar-refractivity contribution is 0.0709. The quantitative estimate of drug-likeness (QED) is 0.808. The van der Waals surface area contributed by atoms with Crippen LogP contribution in [-0.4, -0.2) is 59.1 Å².